The number of methoxy groups -OCH3 is 2. The minimum Gasteiger partial charge on any atom is -0.496 e. The van der Waals surface area contributed by atoms with Crippen molar-refractivity contribution in [2.24, 2.45) is 0 Å². The topological polar surface area (TPSA) is 47.6 Å². The van der Waals surface area contributed by atoms with Gasteiger partial charge in [-0.25, -0.2) is 0 Å². The molecule has 0 radical (unpaired) electrons. The van der Waals surface area contributed by atoms with Gasteiger partial charge in [-0.2, -0.15) is 0 Å². The summed E-state index contributed by atoms with van der Waals surface area (Å²) in [6, 6.07) is 3.58. The predicted octanol–water partition coefficient (Wildman–Crippen LogP) is 2.19. The number of hydrogen-bond donors (Lipinski definition) is 1. The lowest BCUT2D eigenvalue weighted by molar-refractivity contribution is 0.0977. The number of ether oxygens (including phenoxy) is 2. The summed E-state index contributed by atoms with van der Waals surface area (Å²) < 4.78 is 10.5. The molecule has 0 aliphatic carbocycles. The zero-order valence-corrected chi connectivity index (χ0v) is 11.5. The largest absolute Gasteiger partial charge is 0.496 e. The summed E-state index contributed by atoms with van der Waals surface area (Å²) in [5.41, 5.74) is 1.49. The summed E-state index contributed by atoms with van der Waals surface area (Å²) in [5.74, 6) is 1.45. The highest BCUT2D eigenvalue weighted by molar-refractivity contribution is 5.99. The Morgan fingerprint density at radius 1 is 1.28 bits per heavy atom. The van der Waals surface area contributed by atoms with Gasteiger partial charge in [-0.15, -0.1) is 0 Å². The third-order valence-corrected chi connectivity index (χ3v) is 2.91. The van der Waals surface area contributed by atoms with Crippen LogP contribution >= 0.6 is 0 Å². The molecular weight excluding hydrogens is 230 g/mol. The average molecular weight is 251 g/mol. The van der Waals surface area contributed by atoms with Crippen LogP contribution in [0.25, 0.3) is 0 Å². The molecule has 4 heteroatoms. The molecule has 100 valence electrons. The lowest BCUT2D eigenvalue weighted by Gasteiger charge is -2.13. The van der Waals surface area contributed by atoms with Crippen molar-refractivity contribution in [2.75, 3.05) is 27.8 Å². The van der Waals surface area contributed by atoms with Crippen LogP contribution in [0.2, 0.25) is 0 Å². The maximum Gasteiger partial charge on any atom is 0.166 e. The van der Waals surface area contributed by atoms with Crippen molar-refractivity contribution >= 4 is 5.78 Å². The van der Waals surface area contributed by atoms with Crippen molar-refractivity contribution < 1.29 is 14.3 Å². The number of nitrogens with one attached hydrogen (secondary N) is 1. The Morgan fingerprint density at radius 2 is 2.00 bits per heavy atom. The second-order valence-electron chi connectivity index (χ2n) is 4.10. The van der Waals surface area contributed by atoms with E-state index < -0.39 is 0 Å². The molecule has 1 rings (SSSR count). The van der Waals surface area contributed by atoms with E-state index in [1.807, 2.05) is 20.0 Å². The van der Waals surface area contributed by atoms with Crippen LogP contribution in [0, 0.1) is 6.92 Å². The van der Waals surface area contributed by atoms with Crippen molar-refractivity contribution in [1.82, 2.24) is 5.32 Å². The molecule has 18 heavy (non-hydrogen) atoms. The lowest BCUT2D eigenvalue weighted by Crippen LogP contribution is -2.11. The molecule has 0 aliphatic rings. The Labute approximate surface area is 108 Å². The molecule has 0 atom stereocenters. The zero-order chi connectivity index (χ0) is 13.5. The zero-order valence-electron chi connectivity index (χ0n) is 11.5. The van der Waals surface area contributed by atoms with Gasteiger partial charge in [0, 0.05) is 12.0 Å². The van der Waals surface area contributed by atoms with Gasteiger partial charge in [-0.05, 0) is 39.1 Å². The summed E-state index contributed by atoms with van der Waals surface area (Å²) >= 11 is 0. The second kappa shape index (κ2) is 7.01. The van der Waals surface area contributed by atoms with Crippen molar-refractivity contribution in [2.45, 2.75) is 19.8 Å². The number of rotatable bonds is 7. The van der Waals surface area contributed by atoms with Gasteiger partial charge in [-0.1, -0.05) is 0 Å². The Kier molecular flexibility index (Phi) is 5.65. The van der Waals surface area contributed by atoms with E-state index in [4.69, 9.17) is 9.47 Å². The standard InChI is InChI=1S/C14H21NO3/c1-10-13(17-3)8-7-11(14(10)18-4)12(16)6-5-9-15-2/h7-8,15H,5-6,9H2,1-4H3. The SMILES string of the molecule is CNCCCC(=O)c1ccc(OC)c(C)c1OC. The molecule has 1 N–H and O–H groups in total. The first-order chi connectivity index (χ1) is 8.65. The van der Waals surface area contributed by atoms with Gasteiger partial charge in [-0.3, -0.25) is 4.79 Å². The van der Waals surface area contributed by atoms with Crippen molar-refractivity contribution in [3.05, 3.63) is 23.3 Å². The summed E-state index contributed by atoms with van der Waals surface area (Å²) in [6.45, 7) is 2.73. The van der Waals surface area contributed by atoms with E-state index in [1.54, 1.807) is 20.3 Å². The van der Waals surface area contributed by atoms with Gasteiger partial charge in [0.1, 0.15) is 11.5 Å². The Bertz CT molecular complexity index is 416. The first kappa shape index (κ1) is 14.5. The average Bonchev–Trinajstić information content (AvgIpc) is 2.38. The van der Waals surface area contributed by atoms with Gasteiger partial charge in [0.25, 0.3) is 0 Å². The fourth-order valence-electron chi connectivity index (χ4n) is 1.94. The molecule has 0 amide bonds. The molecular formula is C14H21NO3. The molecule has 0 saturated carbocycles. The fourth-order valence-corrected chi connectivity index (χ4v) is 1.94. The van der Waals surface area contributed by atoms with E-state index in [2.05, 4.69) is 5.32 Å². The maximum atomic E-state index is 12.1. The van der Waals surface area contributed by atoms with Gasteiger partial charge < -0.3 is 14.8 Å². The van der Waals surface area contributed by atoms with Crippen LogP contribution in [0.15, 0.2) is 12.1 Å². The van der Waals surface area contributed by atoms with E-state index in [-0.39, 0.29) is 5.78 Å². The van der Waals surface area contributed by atoms with Crippen LogP contribution < -0.4 is 14.8 Å². The lowest BCUT2D eigenvalue weighted by atomic mass is 10.0. The molecule has 0 unspecified atom stereocenters. The Hall–Kier alpha value is -1.55. The molecule has 0 bridgehead atoms. The minimum absolute atomic E-state index is 0.104. The number of benzene rings is 1. The Morgan fingerprint density at radius 3 is 2.56 bits per heavy atom. The van der Waals surface area contributed by atoms with Crippen LogP contribution in [-0.2, 0) is 0 Å². The number of hydrogen-bond acceptors (Lipinski definition) is 4. The molecule has 0 saturated heterocycles. The summed E-state index contributed by atoms with van der Waals surface area (Å²) in [4.78, 5) is 12.1. The van der Waals surface area contributed by atoms with Crippen LogP contribution in [0.5, 0.6) is 11.5 Å². The van der Waals surface area contributed by atoms with Gasteiger partial charge in [0.2, 0.25) is 0 Å². The third kappa shape index (κ3) is 3.23. The first-order valence-electron chi connectivity index (χ1n) is 6.05. The number of ketones is 1. The molecule has 1 aromatic carbocycles. The molecule has 1 aromatic rings. The molecule has 0 heterocycles. The van der Waals surface area contributed by atoms with Crippen molar-refractivity contribution in [1.29, 1.82) is 0 Å². The summed E-state index contributed by atoms with van der Waals surface area (Å²) in [6.07, 6.45) is 1.34. The van der Waals surface area contributed by atoms with E-state index in [9.17, 15) is 4.79 Å². The molecule has 4 nitrogen and oxygen atoms in total. The smallest absolute Gasteiger partial charge is 0.166 e. The minimum atomic E-state index is 0.104. The highest BCUT2D eigenvalue weighted by Gasteiger charge is 2.16. The fraction of sp³-hybridized carbons (Fsp3) is 0.500. The van der Waals surface area contributed by atoms with Gasteiger partial charge in [0.05, 0.1) is 19.8 Å². The summed E-state index contributed by atoms with van der Waals surface area (Å²) in [7, 11) is 5.06. The van der Waals surface area contributed by atoms with Gasteiger partial charge >= 0.3 is 0 Å². The van der Waals surface area contributed by atoms with Crippen molar-refractivity contribution in [3.63, 3.8) is 0 Å². The number of Topliss-reactive ketones (excluding diaryl/α,β-unsaturated/α-hetero) is 1. The normalized spacial score (nSPS) is 10.2. The van der Waals surface area contributed by atoms with Crippen LogP contribution in [0.4, 0.5) is 0 Å². The molecule has 0 aromatic heterocycles. The highest BCUT2D eigenvalue weighted by atomic mass is 16.5. The third-order valence-electron chi connectivity index (χ3n) is 2.91. The maximum absolute atomic E-state index is 12.1. The number of carbonyl (C=O) groups excluding carboxylic acids is 1. The van der Waals surface area contributed by atoms with Crippen LogP contribution in [-0.4, -0.2) is 33.6 Å². The van der Waals surface area contributed by atoms with Crippen LogP contribution in [0.1, 0.15) is 28.8 Å². The molecule has 0 aliphatic heterocycles. The summed E-state index contributed by atoms with van der Waals surface area (Å²) in [5, 5.41) is 3.03. The molecule has 0 spiro atoms. The first-order valence-corrected chi connectivity index (χ1v) is 6.05. The van der Waals surface area contributed by atoms with E-state index in [0.717, 1.165) is 24.3 Å². The van der Waals surface area contributed by atoms with Crippen LogP contribution in [0.3, 0.4) is 0 Å². The van der Waals surface area contributed by atoms with Gasteiger partial charge in [0.15, 0.2) is 5.78 Å². The number of carbonyl (C=O) groups is 1. The molecule has 0 fully saturated rings. The van der Waals surface area contributed by atoms with E-state index in [1.165, 1.54) is 0 Å². The Balaban J connectivity index is 2.94. The predicted molar refractivity (Wildman–Crippen MR) is 71.8 cm³/mol. The van der Waals surface area contributed by atoms with E-state index >= 15 is 0 Å². The van der Waals surface area contributed by atoms with Crippen molar-refractivity contribution in [3.8, 4) is 11.5 Å². The monoisotopic (exact) mass is 251 g/mol. The quantitative estimate of drug-likeness (QED) is 0.596. The second-order valence-corrected chi connectivity index (χ2v) is 4.10. The highest BCUT2D eigenvalue weighted by Crippen LogP contribution is 2.32. The van der Waals surface area contributed by atoms with E-state index in [0.29, 0.717) is 17.7 Å².